The van der Waals surface area contributed by atoms with Gasteiger partial charge >= 0.3 is 0 Å². The van der Waals surface area contributed by atoms with Gasteiger partial charge in [0.25, 0.3) is 0 Å². The summed E-state index contributed by atoms with van der Waals surface area (Å²) in [7, 11) is -3.12. The molecule has 0 aliphatic rings. The number of hydrogen-bond donors (Lipinski definition) is 3. The molecule has 1 aromatic rings. The van der Waals surface area contributed by atoms with E-state index >= 15 is 0 Å². The summed E-state index contributed by atoms with van der Waals surface area (Å²) in [5.74, 6) is 1.88. The molecule has 0 amide bonds. The van der Waals surface area contributed by atoms with Crippen LogP contribution in [0.2, 0.25) is 0 Å². The molecule has 0 saturated heterocycles. The fourth-order valence-electron chi connectivity index (χ4n) is 1.47. The average Bonchev–Trinajstić information content (AvgIpc) is 2.32. The quantitative estimate of drug-likeness (QED) is 0.621. The van der Waals surface area contributed by atoms with Gasteiger partial charge in [-0.05, 0) is 13.3 Å². The number of rotatable bonds is 7. The number of sulfonamides is 1. The molecule has 7 nitrogen and oxygen atoms in total. The van der Waals surface area contributed by atoms with Gasteiger partial charge in [0.05, 0.1) is 6.26 Å². The number of nitrogens with one attached hydrogen (secondary N) is 2. The van der Waals surface area contributed by atoms with E-state index in [1.54, 1.807) is 0 Å². The largest absolute Gasteiger partial charge is 0.383 e. The number of hydrogen-bond acceptors (Lipinski definition) is 6. The van der Waals surface area contributed by atoms with Crippen LogP contribution in [0.3, 0.4) is 0 Å². The molecule has 19 heavy (non-hydrogen) atoms. The number of aryl methyl sites for hydroxylation is 1. The molecule has 1 aromatic heterocycles. The van der Waals surface area contributed by atoms with Crippen LogP contribution >= 0.6 is 0 Å². The molecule has 8 heteroatoms. The van der Waals surface area contributed by atoms with Gasteiger partial charge < -0.3 is 11.1 Å². The zero-order chi connectivity index (χ0) is 14.5. The second kappa shape index (κ2) is 6.67. The summed E-state index contributed by atoms with van der Waals surface area (Å²) in [6, 6.07) is 0. The van der Waals surface area contributed by atoms with Crippen molar-refractivity contribution in [3.63, 3.8) is 0 Å². The molecular weight excluding hydrogens is 266 g/mol. The number of nitrogens with two attached hydrogens (primary N) is 1. The lowest BCUT2D eigenvalue weighted by Crippen LogP contribution is -2.24. The van der Waals surface area contributed by atoms with Crippen molar-refractivity contribution in [2.24, 2.45) is 0 Å². The van der Waals surface area contributed by atoms with Crippen LogP contribution in [0.4, 0.5) is 11.6 Å². The molecular formula is C11H21N5O2S. The van der Waals surface area contributed by atoms with E-state index in [2.05, 4.69) is 20.0 Å². The Morgan fingerprint density at radius 1 is 1.26 bits per heavy atom. The maximum atomic E-state index is 10.9. The third kappa shape index (κ3) is 5.39. The van der Waals surface area contributed by atoms with Crippen LogP contribution in [0.5, 0.6) is 0 Å². The van der Waals surface area contributed by atoms with Crippen LogP contribution in [0.25, 0.3) is 0 Å². The highest BCUT2D eigenvalue weighted by Crippen LogP contribution is 2.17. The first-order chi connectivity index (χ1) is 8.83. The topological polar surface area (TPSA) is 110 Å². The molecule has 0 saturated carbocycles. The zero-order valence-corrected chi connectivity index (χ0v) is 12.3. The molecule has 0 aliphatic heterocycles. The summed E-state index contributed by atoms with van der Waals surface area (Å²) >= 11 is 0. The molecule has 0 spiro atoms. The molecule has 1 heterocycles. The van der Waals surface area contributed by atoms with Gasteiger partial charge in [0.15, 0.2) is 0 Å². The van der Waals surface area contributed by atoms with E-state index in [0.29, 0.717) is 37.0 Å². The maximum absolute atomic E-state index is 10.9. The van der Waals surface area contributed by atoms with Crippen molar-refractivity contribution in [1.82, 2.24) is 14.7 Å². The molecule has 4 N–H and O–H groups in total. The van der Waals surface area contributed by atoms with Crippen LogP contribution in [0, 0.1) is 6.92 Å². The molecule has 0 aliphatic carbocycles. The minimum Gasteiger partial charge on any atom is -0.383 e. The number of anilines is 2. The van der Waals surface area contributed by atoms with Gasteiger partial charge in [-0.15, -0.1) is 0 Å². The van der Waals surface area contributed by atoms with Crippen LogP contribution in [-0.2, 0) is 16.4 Å². The predicted molar refractivity (Wildman–Crippen MR) is 76.5 cm³/mol. The normalized spacial score (nSPS) is 11.5. The highest BCUT2D eigenvalue weighted by Gasteiger charge is 2.07. The molecule has 0 fully saturated rings. The van der Waals surface area contributed by atoms with E-state index in [9.17, 15) is 8.42 Å². The molecule has 0 bridgehead atoms. The van der Waals surface area contributed by atoms with E-state index < -0.39 is 10.0 Å². The first kappa shape index (κ1) is 15.6. The second-order valence-corrected chi connectivity index (χ2v) is 6.13. The fourth-order valence-corrected chi connectivity index (χ4v) is 1.98. The van der Waals surface area contributed by atoms with Crippen LogP contribution in [0.1, 0.15) is 24.7 Å². The third-order valence-electron chi connectivity index (χ3n) is 2.56. The first-order valence-corrected chi connectivity index (χ1v) is 8.04. The first-order valence-electron chi connectivity index (χ1n) is 6.15. The van der Waals surface area contributed by atoms with Crippen molar-refractivity contribution in [2.75, 3.05) is 30.4 Å². The fraction of sp³-hybridized carbons (Fsp3) is 0.636. The lowest BCUT2D eigenvalue weighted by Gasteiger charge is -2.11. The number of aromatic nitrogens is 2. The standard InChI is InChI=1S/C11H21N5O2S/c1-4-9-15-10(12)8(2)11(16-9)13-6-5-7-14-19(3,17)18/h14H,4-7H2,1-3H3,(H3,12,13,15,16). The summed E-state index contributed by atoms with van der Waals surface area (Å²) in [4.78, 5) is 8.52. The SMILES string of the molecule is CCc1nc(N)c(C)c(NCCCNS(C)(=O)=O)n1. The lowest BCUT2D eigenvalue weighted by atomic mass is 10.3. The van der Waals surface area contributed by atoms with Crippen LogP contribution < -0.4 is 15.8 Å². The average molecular weight is 287 g/mol. The summed E-state index contributed by atoms with van der Waals surface area (Å²) in [6.45, 7) is 4.82. The Morgan fingerprint density at radius 2 is 1.95 bits per heavy atom. The van der Waals surface area contributed by atoms with Crippen molar-refractivity contribution in [3.8, 4) is 0 Å². The second-order valence-electron chi connectivity index (χ2n) is 4.30. The Kier molecular flexibility index (Phi) is 5.49. The highest BCUT2D eigenvalue weighted by molar-refractivity contribution is 7.88. The summed E-state index contributed by atoms with van der Waals surface area (Å²) in [5, 5.41) is 3.15. The van der Waals surface area contributed by atoms with Gasteiger partial charge in [-0.2, -0.15) is 0 Å². The van der Waals surface area contributed by atoms with Gasteiger partial charge in [0.1, 0.15) is 17.5 Å². The molecule has 1 rings (SSSR count). The van der Waals surface area contributed by atoms with E-state index in [1.807, 2.05) is 13.8 Å². The van der Waals surface area contributed by atoms with Crippen molar-refractivity contribution in [1.29, 1.82) is 0 Å². The Bertz CT molecular complexity index is 530. The van der Waals surface area contributed by atoms with Crippen molar-refractivity contribution >= 4 is 21.7 Å². The van der Waals surface area contributed by atoms with Gasteiger partial charge in [-0.3, -0.25) is 0 Å². The Labute approximate surface area is 114 Å². The molecule has 0 aromatic carbocycles. The van der Waals surface area contributed by atoms with E-state index in [0.717, 1.165) is 18.2 Å². The highest BCUT2D eigenvalue weighted by atomic mass is 32.2. The maximum Gasteiger partial charge on any atom is 0.208 e. The van der Waals surface area contributed by atoms with Crippen LogP contribution in [-0.4, -0.2) is 37.7 Å². The van der Waals surface area contributed by atoms with E-state index in [-0.39, 0.29) is 0 Å². The smallest absolute Gasteiger partial charge is 0.208 e. The summed E-state index contributed by atoms with van der Waals surface area (Å²) in [6.07, 6.45) is 2.52. The number of nitrogens with zero attached hydrogens (tertiary/aromatic N) is 2. The lowest BCUT2D eigenvalue weighted by molar-refractivity contribution is 0.586. The van der Waals surface area contributed by atoms with Crippen molar-refractivity contribution < 1.29 is 8.42 Å². The van der Waals surface area contributed by atoms with Gasteiger partial charge in [0, 0.05) is 25.1 Å². The van der Waals surface area contributed by atoms with Gasteiger partial charge in [-0.25, -0.2) is 23.1 Å². The Balaban J connectivity index is 2.51. The van der Waals surface area contributed by atoms with E-state index in [1.165, 1.54) is 0 Å². The molecule has 0 unspecified atom stereocenters. The van der Waals surface area contributed by atoms with Crippen molar-refractivity contribution in [2.45, 2.75) is 26.7 Å². The van der Waals surface area contributed by atoms with Crippen LogP contribution in [0.15, 0.2) is 0 Å². The molecule has 0 atom stereocenters. The molecule has 0 radical (unpaired) electrons. The van der Waals surface area contributed by atoms with E-state index in [4.69, 9.17) is 5.73 Å². The minimum absolute atomic E-state index is 0.395. The molecule has 108 valence electrons. The summed E-state index contributed by atoms with van der Waals surface area (Å²) in [5.41, 5.74) is 6.61. The van der Waals surface area contributed by atoms with Gasteiger partial charge in [0.2, 0.25) is 10.0 Å². The summed E-state index contributed by atoms with van der Waals surface area (Å²) < 4.78 is 24.2. The minimum atomic E-state index is -3.12. The Hall–Kier alpha value is -1.41. The van der Waals surface area contributed by atoms with Crippen molar-refractivity contribution in [3.05, 3.63) is 11.4 Å². The third-order valence-corrected chi connectivity index (χ3v) is 3.28. The van der Waals surface area contributed by atoms with Gasteiger partial charge in [-0.1, -0.05) is 6.92 Å². The Morgan fingerprint density at radius 3 is 2.53 bits per heavy atom. The monoisotopic (exact) mass is 287 g/mol. The predicted octanol–water partition coefficient (Wildman–Crippen LogP) is 0.281. The zero-order valence-electron chi connectivity index (χ0n) is 11.5. The number of nitrogen functional groups attached to an aromatic ring is 1.